The molecule has 0 bridgehead atoms. The van der Waals surface area contributed by atoms with Crippen molar-refractivity contribution in [3.63, 3.8) is 0 Å². The molecule has 3 aromatic rings. The van der Waals surface area contributed by atoms with Crippen LogP contribution >= 0.6 is 11.6 Å². The highest BCUT2D eigenvalue weighted by atomic mass is 35.5. The summed E-state index contributed by atoms with van der Waals surface area (Å²) in [5, 5.41) is 0.478. The first-order chi connectivity index (χ1) is 14.5. The number of alkyl halides is 1. The minimum absolute atomic E-state index is 0.180. The van der Waals surface area contributed by atoms with E-state index in [-0.39, 0.29) is 17.3 Å². The molecule has 0 radical (unpaired) electrons. The van der Waals surface area contributed by atoms with Crippen LogP contribution < -0.4 is 10.3 Å². The van der Waals surface area contributed by atoms with Crippen LogP contribution in [0, 0.1) is 0 Å². The summed E-state index contributed by atoms with van der Waals surface area (Å²) < 4.78 is 12.1. The SMILES string of the molecule is COCCN(C(=O)CCl)C(C)c1nc2ccccc2c(=O)n1-c1ccccc1OC. The van der Waals surface area contributed by atoms with Gasteiger partial charge in [0, 0.05) is 13.7 Å². The van der Waals surface area contributed by atoms with Gasteiger partial charge < -0.3 is 14.4 Å². The first-order valence-corrected chi connectivity index (χ1v) is 10.1. The van der Waals surface area contributed by atoms with Crippen molar-refractivity contribution < 1.29 is 14.3 Å². The fourth-order valence-corrected chi connectivity index (χ4v) is 3.57. The van der Waals surface area contributed by atoms with E-state index in [9.17, 15) is 9.59 Å². The second-order valence-corrected chi connectivity index (χ2v) is 6.96. The molecule has 0 spiro atoms. The lowest BCUT2D eigenvalue weighted by Gasteiger charge is -2.30. The number of fused-ring (bicyclic) bond motifs is 1. The topological polar surface area (TPSA) is 73.7 Å². The van der Waals surface area contributed by atoms with Crippen LogP contribution in [-0.2, 0) is 9.53 Å². The van der Waals surface area contributed by atoms with E-state index in [1.165, 1.54) is 4.57 Å². The van der Waals surface area contributed by atoms with Crippen molar-refractivity contribution in [3.8, 4) is 11.4 Å². The molecule has 1 atom stereocenters. The molecule has 0 aliphatic heterocycles. The first-order valence-electron chi connectivity index (χ1n) is 9.53. The molecule has 0 aliphatic carbocycles. The molecule has 0 aliphatic rings. The number of ether oxygens (including phenoxy) is 2. The van der Waals surface area contributed by atoms with Crippen LogP contribution in [0.25, 0.3) is 16.6 Å². The predicted molar refractivity (Wildman–Crippen MR) is 117 cm³/mol. The lowest BCUT2D eigenvalue weighted by molar-refractivity contribution is -0.131. The van der Waals surface area contributed by atoms with Crippen molar-refractivity contribution >= 4 is 28.4 Å². The number of carbonyl (C=O) groups is 1. The van der Waals surface area contributed by atoms with Crippen LogP contribution in [-0.4, -0.2) is 53.6 Å². The van der Waals surface area contributed by atoms with Crippen LogP contribution in [0.15, 0.2) is 53.3 Å². The van der Waals surface area contributed by atoms with Crippen molar-refractivity contribution in [2.45, 2.75) is 13.0 Å². The number of methoxy groups -OCH3 is 2. The highest BCUT2D eigenvalue weighted by Gasteiger charge is 2.27. The number of amides is 1. The fourth-order valence-electron chi connectivity index (χ4n) is 3.42. The zero-order valence-electron chi connectivity index (χ0n) is 17.2. The minimum Gasteiger partial charge on any atom is -0.495 e. The average Bonchev–Trinajstić information content (AvgIpc) is 2.78. The summed E-state index contributed by atoms with van der Waals surface area (Å²) in [5.41, 5.74) is 0.868. The van der Waals surface area contributed by atoms with E-state index in [0.717, 1.165) is 0 Å². The Morgan fingerprint density at radius 3 is 2.57 bits per heavy atom. The molecular weight excluding hydrogens is 406 g/mol. The summed E-state index contributed by atoms with van der Waals surface area (Å²) in [5.74, 6) is 0.491. The second-order valence-electron chi connectivity index (χ2n) is 6.69. The van der Waals surface area contributed by atoms with Gasteiger partial charge in [-0.15, -0.1) is 11.6 Å². The van der Waals surface area contributed by atoms with Crippen LogP contribution in [0.5, 0.6) is 5.75 Å². The largest absolute Gasteiger partial charge is 0.495 e. The Morgan fingerprint density at radius 2 is 1.87 bits per heavy atom. The Morgan fingerprint density at radius 1 is 1.17 bits per heavy atom. The number of benzene rings is 2. The van der Waals surface area contributed by atoms with Gasteiger partial charge in [0.2, 0.25) is 5.91 Å². The number of rotatable bonds is 8. The normalized spacial score (nSPS) is 12.0. The lowest BCUT2D eigenvalue weighted by atomic mass is 10.1. The molecule has 1 aromatic heterocycles. The quantitative estimate of drug-likeness (QED) is 0.514. The average molecular weight is 430 g/mol. The van der Waals surface area contributed by atoms with Crippen molar-refractivity contribution in [2.75, 3.05) is 33.3 Å². The van der Waals surface area contributed by atoms with Crippen LogP contribution in [0.3, 0.4) is 0 Å². The van der Waals surface area contributed by atoms with E-state index in [0.29, 0.717) is 41.3 Å². The molecule has 1 heterocycles. The van der Waals surface area contributed by atoms with Gasteiger partial charge in [0.25, 0.3) is 5.56 Å². The van der Waals surface area contributed by atoms with Crippen molar-refractivity contribution in [2.24, 2.45) is 0 Å². The molecule has 0 saturated carbocycles. The molecule has 8 heteroatoms. The summed E-state index contributed by atoms with van der Waals surface area (Å²) in [6.45, 7) is 2.47. The maximum absolute atomic E-state index is 13.5. The number of nitrogens with zero attached hydrogens (tertiary/aromatic N) is 3. The number of carbonyl (C=O) groups excluding carboxylic acids is 1. The fraction of sp³-hybridized carbons (Fsp3) is 0.318. The standard InChI is InChI=1S/C22H24ClN3O4/c1-15(25(12-13-29-2)20(27)14-23)21-24-17-9-5-4-8-16(17)22(28)26(21)18-10-6-7-11-19(18)30-3/h4-11,15H,12-14H2,1-3H3. The Balaban J connectivity index is 2.29. The summed E-state index contributed by atoms with van der Waals surface area (Å²) in [7, 11) is 3.11. The molecule has 2 aromatic carbocycles. The second kappa shape index (κ2) is 9.73. The molecule has 30 heavy (non-hydrogen) atoms. The maximum Gasteiger partial charge on any atom is 0.266 e. The molecule has 3 rings (SSSR count). The Bertz CT molecular complexity index is 1100. The Kier molecular flexibility index (Phi) is 7.07. The van der Waals surface area contributed by atoms with E-state index in [2.05, 4.69) is 0 Å². The van der Waals surface area contributed by atoms with Crippen LogP contribution in [0.4, 0.5) is 0 Å². The number of para-hydroxylation sites is 3. The summed E-state index contributed by atoms with van der Waals surface area (Å²) in [6, 6.07) is 13.8. The summed E-state index contributed by atoms with van der Waals surface area (Å²) >= 11 is 5.85. The molecule has 158 valence electrons. The summed E-state index contributed by atoms with van der Waals surface area (Å²) in [4.78, 5) is 32.4. The van der Waals surface area contributed by atoms with E-state index in [4.69, 9.17) is 26.1 Å². The molecule has 0 fully saturated rings. The Labute approximate surface area is 179 Å². The van der Waals surface area contributed by atoms with Gasteiger partial charge in [0.15, 0.2) is 0 Å². The maximum atomic E-state index is 13.5. The number of aromatic nitrogens is 2. The third kappa shape index (κ3) is 4.17. The van der Waals surface area contributed by atoms with Gasteiger partial charge in [-0.3, -0.25) is 14.2 Å². The summed E-state index contributed by atoms with van der Waals surface area (Å²) in [6.07, 6.45) is 0. The van der Waals surface area contributed by atoms with Crippen LogP contribution in [0.1, 0.15) is 18.8 Å². The molecule has 7 nitrogen and oxygen atoms in total. The van der Waals surface area contributed by atoms with Gasteiger partial charge >= 0.3 is 0 Å². The monoisotopic (exact) mass is 429 g/mol. The van der Waals surface area contributed by atoms with Gasteiger partial charge in [-0.25, -0.2) is 4.98 Å². The number of hydrogen-bond donors (Lipinski definition) is 0. The third-order valence-electron chi connectivity index (χ3n) is 4.94. The number of hydrogen-bond acceptors (Lipinski definition) is 5. The lowest BCUT2D eigenvalue weighted by Crippen LogP contribution is -2.40. The minimum atomic E-state index is -0.534. The van der Waals surface area contributed by atoms with Gasteiger partial charge in [0.05, 0.1) is 36.3 Å². The zero-order valence-corrected chi connectivity index (χ0v) is 17.9. The highest BCUT2D eigenvalue weighted by molar-refractivity contribution is 6.27. The van der Waals surface area contributed by atoms with Crippen LogP contribution in [0.2, 0.25) is 0 Å². The van der Waals surface area contributed by atoms with Crippen molar-refractivity contribution in [3.05, 3.63) is 64.7 Å². The molecule has 1 unspecified atom stereocenters. The zero-order chi connectivity index (χ0) is 21.7. The number of halogens is 1. The highest BCUT2D eigenvalue weighted by Crippen LogP contribution is 2.27. The van der Waals surface area contributed by atoms with E-state index in [1.54, 1.807) is 49.5 Å². The van der Waals surface area contributed by atoms with E-state index < -0.39 is 6.04 Å². The van der Waals surface area contributed by atoms with Gasteiger partial charge in [-0.2, -0.15) is 0 Å². The van der Waals surface area contributed by atoms with Gasteiger partial charge in [0.1, 0.15) is 17.5 Å². The first kappa shape index (κ1) is 21.8. The molecular formula is C22H24ClN3O4. The van der Waals surface area contributed by atoms with Crippen molar-refractivity contribution in [1.29, 1.82) is 0 Å². The third-order valence-corrected chi connectivity index (χ3v) is 5.17. The molecule has 0 saturated heterocycles. The smallest absolute Gasteiger partial charge is 0.266 e. The van der Waals surface area contributed by atoms with E-state index >= 15 is 0 Å². The van der Waals surface area contributed by atoms with Crippen molar-refractivity contribution in [1.82, 2.24) is 14.5 Å². The Hall–Kier alpha value is -2.90. The molecule has 0 N–H and O–H groups in total. The predicted octanol–water partition coefficient (Wildman–Crippen LogP) is 3.17. The van der Waals surface area contributed by atoms with Gasteiger partial charge in [-0.1, -0.05) is 24.3 Å². The van der Waals surface area contributed by atoms with Gasteiger partial charge in [-0.05, 0) is 31.2 Å². The van der Waals surface area contributed by atoms with E-state index in [1.807, 2.05) is 25.1 Å². The molecule has 1 amide bonds.